The van der Waals surface area contributed by atoms with Gasteiger partial charge in [0.25, 0.3) is 5.19 Å². The lowest BCUT2D eigenvalue weighted by Gasteiger charge is -2.25. The third-order valence-electron chi connectivity index (χ3n) is 1.97. The molecule has 72 valence electrons. The molecule has 0 spiro atoms. The number of hydrogen-bond acceptors (Lipinski definition) is 6. The lowest BCUT2D eigenvalue weighted by Crippen LogP contribution is -2.43. The second-order valence-corrected chi connectivity index (χ2v) is 3.52. The average molecular weight is 200 g/mol. The van der Waals surface area contributed by atoms with E-state index in [0.29, 0.717) is 5.19 Å². The summed E-state index contributed by atoms with van der Waals surface area (Å²) in [7, 11) is 1.61. The fraction of sp³-hybridized carbons (Fsp3) is 0.714. The number of anilines is 1. The van der Waals surface area contributed by atoms with Crippen LogP contribution in [0.2, 0.25) is 0 Å². The number of hydrogen-bond donors (Lipinski definition) is 1. The first kappa shape index (κ1) is 8.71. The first-order chi connectivity index (χ1) is 6.40. The summed E-state index contributed by atoms with van der Waals surface area (Å²) in [6, 6.07) is 0. The summed E-state index contributed by atoms with van der Waals surface area (Å²) in [6.07, 6.45) is 0. The lowest BCUT2D eigenvalue weighted by atomic mass is 10.4. The largest absolute Gasteiger partial charge is 0.472 e. The van der Waals surface area contributed by atoms with Crippen LogP contribution in [0.1, 0.15) is 0 Å². The highest BCUT2D eigenvalue weighted by Crippen LogP contribution is 2.19. The molecule has 0 unspecified atom stereocenters. The third-order valence-corrected chi connectivity index (χ3v) is 2.64. The van der Waals surface area contributed by atoms with Gasteiger partial charge in [0.15, 0.2) is 0 Å². The molecule has 6 heteroatoms. The van der Waals surface area contributed by atoms with Crippen molar-refractivity contribution in [2.75, 3.05) is 38.2 Å². The van der Waals surface area contributed by atoms with Crippen LogP contribution < -0.4 is 15.0 Å². The van der Waals surface area contributed by atoms with Crippen LogP contribution in [0.5, 0.6) is 5.19 Å². The van der Waals surface area contributed by atoms with E-state index in [2.05, 4.69) is 19.6 Å². The van der Waals surface area contributed by atoms with Crippen LogP contribution in [-0.2, 0) is 0 Å². The second-order valence-electron chi connectivity index (χ2n) is 2.80. The fourth-order valence-corrected chi connectivity index (χ4v) is 1.79. The summed E-state index contributed by atoms with van der Waals surface area (Å²) >= 11 is 1.30. The zero-order valence-electron chi connectivity index (χ0n) is 7.49. The first-order valence-corrected chi connectivity index (χ1v) is 5.01. The maximum Gasteiger partial charge on any atom is 0.294 e. The Hall–Kier alpha value is -0.880. The van der Waals surface area contributed by atoms with Crippen LogP contribution in [0.3, 0.4) is 0 Å². The summed E-state index contributed by atoms with van der Waals surface area (Å²) < 4.78 is 9.20. The van der Waals surface area contributed by atoms with Crippen molar-refractivity contribution >= 4 is 17.5 Å². The molecule has 1 aromatic rings. The highest BCUT2D eigenvalue weighted by molar-refractivity contribution is 7.07. The Morgan fingerprint density at radius 1 is 1.46 bits per heavy atom. The summed E-state index contributed by atoms with van der Waals surface area (Å²) in [5.41, 5.74) is 0. The molecule has 1 aliphatic heterocycles. The van der Waals surface area contributed by atoms with Gasteiger partial charge in [0.05, 0.1) is 7.11 Å². The third kappa shape index (κ3) is 1.89. The van der Waals surface area contributed by atoms with E-state index in [1.165, 1.54) is 11.5 Å². The van der Waals surface area contributed by atoms with E-state index < -0.39 is 0 Å². The van der Waals surface area contributed by atoms with Crippen molar-refractivity contribution in [1.82, 2.24) is 14.7 Å². The number of aromatic nitrogens is 2. The van der Waals surface area contributed by atoms with Gasteiger partial charge in [-0.1, -0.05) is 0 Å². The van der Waals surface area contributed by atoms with E-state index in [0.717, 1.165) is 32.1 Å². The minimum Gasteiger partial charge on any atom is -0.472 e. The molecular formula is C7H12N4OS. The molecule has 5 nitrogen and oxygen atoms in total. The number of nitrogens with one attached hydrogen (secondary N) is 1. The van der Waals surface area contributed by atoms with E-state index in [4.69, 9.17) is 4.74 Å². The van der Waals surface area contributed by atoms with Gasteiger partial charge < -0.3 is 15.0 Å². The van der Waals surface area contributed by atoms with Crippen LogP contribution in [0, 0.1) is 0 Å². The predicted molar refractivity (Wildman–Crippen MR) is 51.5 cm³/mol. The van der Waals surface area contributed by atoms with Gasteiger partial charge in [0.1, 0.15) is 0 Å². The zero-order valence-corrected chi connectivity index (χ0v) is 8.30. The van der Waals surface area contributed by atoms with Gasteiger partial charge in [-0.2, -0.15) is 4.98 Å². The molecule has 0 radical (unpaired) electrons. The summed E-state index contributed by atoms with van der Waals surface area (Å²) in [4.78, 5) is 6.40. The lowest BCUT2D eigenvalue weighted by molar-refractivity contribution is 0.411. The first-order valence-electron chi connectivity index (χ1n) is 4.23. The smallest absolute Gasteiger partial charge is 0.294 e. The molecule has 1 fully saturated rings. The molecular weight excluding hydrogens is 188 g/mol. The quantitative estimate of drug-likeness (QED) is 0.725. The molecule has 0 amide bonds. The Balaban J connectivity index is 2.05. The standard InChI is InChI=1S/C7H12N4OS/c1-12-7-9-6(10-13-7)11-4-2-8-3-5-11/h8H,2-5H2,1H3. The number of piperazine rings is 1. The van der Waals surface area contributed by atoms with Crippen molar-refractivity contribution < 1.29 is 4.74 Å². The minimum absolute atomic E-state index is 0.633. The molecule has 1 aliphatic rings. The number of rotatable bonds is 2. The van der Waals surface area contributed by atoms with Gasteiger partial charge in [0.2, 0.25) is 5.95 Å². The molecule has 0 aliphatic carbocycles. The van der Waals surface area contributed by atoms with Crippen LogP contribution in [0.15, 0.2) is 0 Å². The van der Waals surface area contributed by atoms with Gasteiger partial charge in [-0.25, -0.2) is 0 Å². The molecule has 0 atom stereocenters. The van der Waals surface area contributed by atoms with E-state index in [1.54, 1.807) is 7.11 Å². The molecule has 1 N–H and O–H groups in total. The maximum absolute atomic E-state index is 4.99. The molecule has 0 aromatic carbocycles. The van der Waals surface area contributed by atoms with Gasteiger partial charge in [-0.15, -0.1) is 4.37 Å². The molecule has 2 rings (SSSR count). The fourth-order valence-electron chi connectivity index (χ4n) is 1.28. The Kier molecular flexibility index (Phi) is 2.60. The summed E-state index contributed by atoms with van der Waals surface area (Å²) in [6.45, 7) is 3.95. The summed E-state index contributed by atoms with van der Waals surface area (Å²) in [5, 5.41) is 3.91. The number of methoxy groups -OCH3 is 1. The molecule has 1 aromatic heterocycles. The van der Waals surface area contributed by atoms with Crippen molar-refractivity contribution in [2.24, 2.45) is 0 Å². The van der Waals surface area contributed by atoms with Crippen molar-refractivity contribution in [3.8, 4) is 5.19 Å². The molecule has 2 heterocycles. The number of ether oxygens (including phenoxy) is 1. The zero-order chi connectivity index (χ0) is 9.10. The van der Waals surface area contributed by atoms with Crippen LogP contribution in [0.4, 0.5) is 5.95 Å². The number of nitrogens with zero attached hydrogens (tertiary/aromatic N) is 3. The molecule has 0 bridgehead atoms. The normalized spacial score (nSPS) is 17.5. The monoisotopic (exact) mass is 200 g/mol. The van der Waals surface area contributed by atoms with Gasteiger partial charge in [0, 0.05) is 37.7 Å². The van der Waals surface area contributed by atoms with E-state index in [-0.39, 0.29) is 0 Å². The van der Waals surface area contributed by atoms with Crippen molar-refractivity contribution in [3.05, 3.63) is 0 Å². The predicted octanol–water partition coefficient (Wildman–Crippen LogP) is -0.0437. The van der Waals surface area contributed by atoms with Gasteiger partial charge in [-0.05, 0) is 0 Å². The SMILES string of the molecule is COc1nc(N2CCNCC2)ns1. The Bertz CT molecular complexity index is 271. The highest BCUT2D eigenvalue weighted by atomic mass is 32.1. The average Bonchev–Trinajstić information content (AvgIpc) is 2.67. The Labute approximate surface area is 80.9 Å². The summed E-state index contributed by atoms with van der Waals surface area (Å²) in [5.74, 6) is 0.795. The molecule has 13 heavy (non-hydrogen) atoms. The molecule has 0 saturated carbocycles. The highest BCUT2D eigenvalue weighted by Gasteiger charge is 2.14. The van der Waals surface area contributed by atoms with Crippen molar-refractivity contribution in [3.63, 3.8) is 0 Å². The van der Waals surface area contributed by atoms with Gasteiger partial charge in [-0.3, -0.25) is 0 Å². The minimum atomic E-state index is 0.633. The second kappa shape index (κ2) is 3.89. The Morgan fingerprint density at radius 2 is 2.23 bits per heavy atom. The van der Waals surface area contributed by atoms with Crippen molar-refractivity contribution in [2.45, 2.75) is 0 Å². The van der Waals surface area contributed by atoms with E-state index in [1.807, 2.05) is 0 Å². The van der Waals surface area contributed by atoms with Crippen LogP contribution in [-0.4, -0.2) is 42.6 Å². The molecule has 1 saturated heterocycles. The Morgan fingerprint density at radius 3 is 2.85 bits per heavy atom. The van der Waals surface area contributed by atoms with Crippen LogP contribution >= 0.6 is 11.5 Å². The van der Waals surface area contributed by atoms with Gasteiger partial charge >= 0.3 is 0 Å². The van der Waals surface area contributed by atoms with E-state index >= 15 is 0 Å². The van der Waals surface area contributed by atoms with Crippen molar-refractivity contribution in [1.29, 1.82) is 0 Å². The van der Waals surface area contributed by atoms with E-state index in [9.17, 15) is 0 Å². The van der Waals surface area contributed by atoms with Crippen LogP contribution in [0.25, 0.3) is 0 Å². The maximum atomic E-state index is 4.99. The topological polar surface area (TPSA) is 50.3 Å².